The fraction of sp³-hybridized carbons (Fsp3) is 0.333. The summed E-state index contributed by atoms with van der Waals surface area (Å²) in [5.41, 5.74) is 4.04. The topological polar surface area (TPSA) is 45.2 Å². The Morgan fingerprint density at radius 1 is 1.26 bits per heavy atom. The van der Waals surface area contributed by atoms with Crippen molar-refractivity contribution < 1.29 is 4.79 Å². The van der Waals surface area contributed by atoms with Gasteiger partial charge in [-0.15, -0.1) is 0 Å². The maximum absolute atomic E-state index is 12.5. The van der Waals surface area contributed by atoms with E-state index in [0.717, 1.165) is 22.4 Å². The third kappa shape index (κ3) is 4.53. The first-order valence-electron chi connectivity index (χ1n) is 7.56. The molecule has 5 heteroatoms. The lowest BCUT2D eigenvalue weighted by Gasteiger charge is -2.24. The normalized spacial score (nSPS) is 12.3. The predicted octanol–water partition coefficient (Wildman–Crippen LogP) is 3.81. The molecule has 0 saturated heterocycles. The summed E-state index contributed by atoms with van der Waals surface area (Å²) in [5, 5.41) is 3.51. The van der Waals surface area contributed by atoms with Crippen LogP contribution in [0.15, 0.2) is 36.5 Å². The van der Waals surface area contributed by atoms with Crippen molar-refractivity contribution in [2.45, 2.75) is 33.4 Å². The van der Waals surface area contributed by atoms with E-state index in [2.05, 4.69) is 10.3 Å². The number of carbonyl (C=O) groups is 1. The highest BCUT2D eigenvalue weighted by molar-refractivity contribution is 6.29. The van der Waals surface area contributed by atoms with Gasteiger partial charge in [-0.1, -0.05) is 35.9 Å². The van der Waals surface area contributed by atoms with Gasteiger partial charge in [0.2, 0.25) is 5.91 Å². The van der Waals surface area contributed by atoms with Crippen molar-refractivity contribution >= 4 is 23.2 Å². The zero-order valence-corrected chi connectivity index (χ0v) is 14.7. The number of aryl methyl sites for hydroxylation is 2. The van der Waals surface area contributed by atoms with Crippen LogP contribution in [0, 0.1) is 13.8 Å². The molecule has 1 aromatic carbocycles. The lowest BCUT2D eigenvalue weighted by atomic mass is 10.1. The van der Waals surface area contributed by atoms with Crippen molar-refractivity contribution in [3.63, 3.8) is 0 Å². The Labute approximate surface area is 142 Å². The van der Waals surface area contributed by atoms with Crippen molar-refractivity contribution in [3.05, 3.63) is 58.4 Å². The zero-order chi connectivity index (χ0) is 17.0. The summed E-state index contributed by atoms with van der Waals surface area (Å²) in [5.74, 6) is -0.0215. The molecular weight excluding hydrogens is 310 g/mol. The quantitative estimate of drug-likeness (QED) is 0.847. The van der Waals surface area contributed by atoms with E-state index >= 15 is 0 Å². The molecule has 2 rings (SSSR count). The van der Waals surface area contributed by atoms with Gasteiger partial charge in [0.1, 0.15) is 5.15 Å². The molecule has 1 heterocycles. The molecule has 1 atom stereocenters. The second-order valence-electron chi connectivity index (χ2n) is 5.84. The lowest BCUT2D eigenvalue weighted by Crippen LogP contribution is -2.39. The third-order valence-corrected chi connectivity index (χ3v) is 4.21. The van der Waals surface area contributed by atoms with Crippen LogP contribution in [0.1, 0.15) is 23.6 Å². The minimum atomic E-state index is -0.260. The summed E-state index contributed by atoms with van der Waals surface area (Å²) in [4.78, 5) is 18.6. The van der Waals surface area contributed by atoms with E-state index in [1.807, 2.05) is 57.0 Å². The highest BCUT2D eigenvalue weighted by Gasteiger charge is 2.19. The molecule has 0 saturated carbocycles. The Morgan fingerprint density at radius 2 is 1.91 bits per heavy atom. The molecule has 0 aliphatic carbocycles. The van der Waals surface area contributed by atoms with E-state index in [9.17, 15) is 4.79 Å². The number of para-hydroxylation sites is 1. The van der Waals surface area contributed by atoms with Gasteiger partial charge in [-0.05, 0) is 50.6 Å². The van der Waals surface area contributed by atoms with E-state index in [1.165, 1.54) is 0 Å². The summed E-state index contributed by atoms with van der Waals surface area (Å²) in [7, 11) is 1.92. The van der Waals surface area contributed by atoms with Crippen LogP contribution in [0.3, 0.4) is 0 Å². The number of aromatic nitrogens is 1. The van der Waals surface area contributed by atoms with Crippen molar-refractivity contribution in [2.24, 2.45) is 0 Å². The molecule has 0 bridgehead atoms. The molecule has 0 aliphatic rings. The molecule has 122 valence electrons. The lowest BCUT2D eigenvalue weighted by molar-refractivity contribution is -0.120. The summed E-state index contributed by atoms with van der Waals surface area (Å²) >= 11 is 5.79. The number of nitrogens with zero attached hydrogens (tertiary/aromatic N) is 2. The molecule has 0 fully saturated rings. The van der Waals surface area contributed by atoms with E-state index in [1.54, 1.807) is 12.3 Å². The number of rotatable bonds is 5. The predicted molar refractivity (Wildman–Crippen MR) is 94.7 cm³/mol. The SMILES string of the molecule is Cc1cccc(C)c1NC(=O)[C@H](C)N(C)Cc1ccc(Cl)nc1. The standard InChI is InChI=1S/C18H22ClN3O/c1-12-6-5-7-13(2)17(12)21-18(23)14(3)22(4)11-15-8-9-16(19)20-10-15/h5-10,14H,11H2,1-4H3,(H,21,23)/t14-/m0/s1. The Kier molecular flexibility index (Phi) is 5.74. The average molecular weight is 332 g/mol. The molecule has 0 aliphatic heterocycles. The van der Waals surface area contributed by atoms with E-state index in [4.69, 9.17) is 11.6 Å². The Hall–Kier alpha value is -1.91. The number of benzene rings is 1. The molecule has 2 aromatic rings. The summed E-state index contributed by atoms with van der Waals surface area (Å²) in [6.45, 7) is 6.52. The van der Waals surface area contributed by atoms with Crippen LogP contribution in [0.2, 0.25) is 5.15 Å². The van der Waals surface area contributed by atoms with Gasteiger partial charge in [-0.25, -0.2) is 4.98 Å². The van der Waals surface area contributed by atoms with Crippen LogP contribution in [0.5, 0.6) is 0 Å². The van der Waals surface area contributed by atoms with Gasteiger partial charge in [0.05, 0.1) is 6.04 Å². The maximum atomic E-state index is 12.5. The van der Waals surface area contributed by atoms with E-state index in [-0.39, 0.29) is 11.9 Å². The Balaban J connectivity index is 2.02. The number of nitrogens with one attached hydrogen (secondary N) is 1. The number of hydrogen-bond acceptors (Lipinski definition) is 3. The molecule has 4 nitrogen and oxygen atoms in total. The number of carbonyl (C=O) groups excluding carboxylic acids is 1. The largest absolute Gasteiger partial charge is 0.324 e. The van der Waals surface area contributed by atoms with Gasteiger partial charge in [0.15, 0.2) is 0 Å². The monoisotopic (exact) mass is 331 g/mol. The minimum absolute atomic E-state index is 0.0215. The second-order valence-corrected chi connectivity index (χ2v) is 6.22. The molecule has 0 radical (unpaired) electrons. The van der Waals surface area contributed by atoms with Crippen LogP contribution >= 0.6 is 11.6 Å². The van der Waals surface area contributed by atoms with E-state index in [0.29, 0.717) is 11.7 Å². The first-order valence-corrected chi connectivity index (χ1v) is 7.94. The highest BCUT2D eigenvalue weighted by atomic mass is 35.5. The van der Waals surface area contributed by atoms with E-state index < -0.39 is 0 Å². The minimum Gasteiger partial charge on any atom is -0.324 e. The zero-order valence-electron chi connectivity index (χ0n) is 13.9. The maximum Gasteiger partial charge on any atom is 0.241 e. The Bertz CT molecular complexity index is 665. The summed E-state index contributed by atoms with van der Waals surface area (Å²) < 4.78 is 0. The smallest absolute Gasteiger partial charge is 0.241 e. The molecule has 1 amide bonds. The molecular formula is C18H22ClN3O. The highest BCUT2D eigenvalue weighted by Crippen LogP contribution is 2.20. The van der Waals surface area contributed by atoms with Gasteiger partial charge in [-0.2, -0.15) is 0 Å². The van der Waals surface area contributed by atoms with Crippen LogP contribution in [0.25, 0.3) is 0 Å². The van der Waals surface area contributed by atoms with Crippen LogP contribution in [-0.2, 0) is 11.3 Å². The summed E-state index contributed by atoms with van der Waals surface area (Å²) in [6.07, 6.45) is 1.73. The molecule has 0 spiro atoms. The van der Waals surface area contributed by atoms with Gasteiger partial charge in [0.25, 0.3) is 0 Å². The van der Waals surface area contributed by atoms with Gasteiger partial charge < -0.3 is 5.32 Å². The fourth-order valence-corrected chi connectivity index (χ4v) is 2.48. The van der Waals surface area contributed by atoms with Crippen LogP contribution < -0.4 is 5.32 Å². The Morgan fingerprint density at radius 3 is 2.48 bits per heavy atom. The number of likely N-dealkylation sites (N-methyl/N-ethyl adjacent to an activating group) is 1. The molecule has 1 N–H and O–H groups in total. The molecule has 23 heavy (non-hydrogen) atoms. The number of hydrogen-bond donors (Lipinski definition) is 1. The molecule has 0 unspecified atom stereocenters. The van der Waals surface area contributed by atoms with Crippen molar-refractivity contribution in [1.29, 1.82) is 0 Å². The van der Waals surface area contributed by atoms with Gasteiger partial charge in [0, 0.05) is 18.4 Å². The van der Waals surface area contributed by atoms with Gasteiger partial charge in [-0.3, -0.25) is 9.69 Å². The fourth-order valence-electron chi connectivity index (χ4n) is 2.36. The first kappa shape index (κ1) is 17.4. The molecule has 1 aromatic heterocycles. The van der Waals surface area contributed by atoms with Crippen LogP contribution in [0.4, 0.5) is 5.69 Å². The first-order chi connectivity index (χ1) is 10.9. The van der Waals surface area contributed by atoms with Gasteiger partial charge >= 0.3 is 0 Å². The number of anilines is 1. The van der Waals surface area contributed by atoms with Crippen LogP contribution in [-0.4, -0.2) is 28.9 Å². The number of amides is 1. The van der Waals surface area contributed by atoms with Crippen molar-refractivity contribution in [2.75, 3.05) is 12.4 Å². The van der Waals surface area contributed by atoms with Crippen molar-refractivity contribution in [3.8, 4) is 0 Å². The summed E-state index contributed by atoms with van der Waals surface area (Å²) in [6, 6.07) is 9.40. The average Bonchev–Trinajstić information content (AvgIpc) is 2.52. The second kappa shape index (κ2) is 7.57. The number of pyridine rings is 1. The number of halogens is 1. The third-order valence-electron chi connectivity index (χ3n) is 3.99. The van der Waals surface area contributed by atoms with Crippen molar-refractivity contribution in [1.82, 2.24) is 9.88 Å².